The van der Waals surface area contributed by atoms with Crippen molar-refractivity contribution >= 4 is 9.84 Å². The minimum atomic E-state index is -2.84. The van der Waals surface area contributed by atoms with Crippen molar-refractivity contribution in [3.8, 4) is 0 Å². The average molecular weight is 268 g/mol. The maximum Gasteiger partial charge on any atom is 0.151 e. The predicted molar refractivity (Wildman–Crippen MR) is 73.1 cm³/mol. The Morgan fingerprint density at radius 1 is 1.17 bits per heavy atom. The molecule has 0 bridgehead atoms. The first kappa shape index (κ1) is 13.5. The third-order valence-electron chi connectivity index (χ3n) is 3.33. The van der Waals surface area contributed by atoms with Crippen molar-refractivity contribution in [2.75, 3.05) is 31.1 Å². The van der Waals surface area contributed by atoms with Gasteiger partial charge in [-0.2, -0.15) is 0 Å². The highest BCUT2D eigenvalue weighted by atomic mass is 32.2. The van der Waals surface area contributed by atoms with E-state index in [1.165, 1.54) is 0 Å². The molecule has 0 radical (unpaired) electrons. The van der Waals surface area contributed by atoms with Crippen LogP contribution in [0, 0.1) is 0 Å². The van der Waals surface area contributed by atoms with Crippen LogP contribution in [0.4, 0.5) is 0 Å². The molecule has 1 aliphatic rings. The zero-order valence-electron chi connectivity index (χ0n) is 10.5. The van der Waals surface area contributed by atoms with Crippen LogP contribution in [0.5, 0.6) is 0 Å². The van der Waals surface area contributed by atoms with Crippen LogP contribution in [0.15, 0.2) is 30.3 Å². The van der Waals surface area contributed by atoms with Gasteiger partial charge in [0.25, 0.3) is 0 Å². The lowest BCUT2D eigenvalue weighted by atomic mass is 10.1. The van der Waals surface area contributed by atoms with E-state index in [4.69, 9.17) is 5.73 Å². The molecule has 0 saturated carbocycles. The molecule has 1 aromatic carbocycles. The van der Waals surface area contributed by atoms with Gasteiger partial charge < -0.3 is 10.6 Å². The molecule has 1 atom stereocenters. The largest absolute Gasteiger partial charge is 0.323 e. The third kappa shape index (κ3) is 3.80. The molecule has 100 valence electrons. The maximum atomic E-state index is 11.5. The van der Waals surface area contributed by atoms with Gasteiger partial charge in [-0.3, -0.25) is 0 Å². The first-order valence-corrected chi connectivity index (χ1v) is 8.12. The molecule has 1 aromatic rings. The topological polar surface area (TPSA) is 63.4 Å². The second kappa shape index (κ2) is 5.82. The first-order valence-electron chi connectivity index (χ1n) is 6.30. The SMILES string of the molecule is N[C@@H](CN1CCCS(=O)(=O)CC1)c1ccccc1. The summed E-state index contributed by atoms with van der Waals surface area (Å²) >= 11 is 0. The molecular formula is C13H20N2O2S. The Morgan fingerprint density at radius 2 is 1.89 bits per heavy atom. The molecule has 2 rings (SSSR count). The van der Waals surface area contributed by atoms with Crippen molar-refractivity contribution in [3.05, 3.63) is 35.9 Å². The van der Waals surface area contributed by atoms with Crippen LogP contribution in [-0.4, -0.2) is 44.5 Å². The van der Waals surface area contributed by atoms with E-state index in [0.717, 1.165) is 18.7 Å². The van der Waals surface area contributed by atoms with Crippen molar-refractivity contribution in [2.45, 2.75) is 12.5 Å². The van der Waals surface area contributed by atoms with Crippen LogP contribution in [-0.2, 0) is 9.84 Å². The molecule has 0 spiro atoms. The second-order valence-electron chi connectivity index (χ2n) is 4.82. The molecule has 0 aliphatic carbocycles. The molecular weight excluding hydrogens is 248 g/mol. The second-order valence-corrected chi connectivity index (χ2v) is 7.13. The van der Waals surface area contributed by atoms with Gasteiger partial charge in [0.1, 0.15) is 0 Å². The van der Waals surface area contributed by atoms with Gasteiger partial charge >= 0.3 is 0 Å². The zero-order valence-corrected chi connectivity index (χ0v) is 11.3. The summed E-state index contributed by atoms with van der Waals surface area (Å²) in [6, 6.07) is 9.89. The Bertz CT molecular complexity index is 473. The smallest absolute Gasteiger partial charge is 0.151 e. The Balaban J connectivity index is 1.94. The van der Waals surface area contributed by atoms with Gasteiger partial charge in [-0.1, -0.05) is 30.3 Å². The van der Waals surface area contributed by atoms with E-state index < -0.39 is 9.84 Å². The maximum absolute atomic E-state index is 11.5. The fourth-order valence-corrected chi connectivity index (χ4v) is 3.57. The van der Waals surface area contributed by atoms with E-state index in [1.54, 1.807) is 0 Å². The van der Waals surface area contributed by atoms with Crippen LogP contribution in [0.2, 0.25) is 0 Å². The summed E-state index contributed by atoms with van der Waals surface area (Å²) in [5.74, 6) is 0.568. The van der Waals surface area contributed by atoms with Crippen molar-refractivity contribution in [3.63, 3.8) is 0 Å². The number of nitrogens with two attached hydrogens (primary N) is 1. The molecule has 2 N–H and O–H groups in total. The number of sulfone groups is 1. The van der Waals surface area contributed by atoms with Gasteiger partial charge in [-0.05, 0) is 18.5 Å². The van der Waals surface area contributed by atoms with E-state index in [1.807, 2.05) is 30.3 Å². The Kier molecular flexibility index (Phi) is 4.37. The van der Waals surface area contributed by atoms with Crippen molar-refractivity contribution in [1.82, 2.24) is 4.90 Å². The summed E-state index contributed by atoms with van der Waals surface area (Å²) in [5.41, 5.74) is 7.25. The number of benzene rings is 1. The normalized spacial score (nSPS) is 22.3. The number of hydrogen-bond donors (Lipinski definition) is 1. The molecule has 1 saturated heterocycles. The molecule has 0 amide bonds. The zero-order chi connectivity index (χ0) is 13.0. The van der Waals surface area contributed by atoms with Gasteiger partial charge in [-0.15, -0.1) is 0 Å². The summed E-state index contributed by atoms with van der Waals surface area (Å²) in [5, 5.41) is 0. The molecule has 1 fully saturated rings. The van der Waals surface area contributed by atoms with Crippen molar-refractivity contribution in [1.29, 1.82) is 0 Å². The van der Waals surface area contributed by atoms with E-state index in [-0.39, 0.29) is 11.8 Å². The van der Waals surface area contributed by atoms with Gasteiger partial charge in [-0.25, -0.2) is 8.42 Å². The quantitative estimate of drug-likeness (QED) is 0.881. The minimum Gasteiger partial charge on any atom is -0.323 e. The average Bonchev–Trinajstić information content (AvgIpc) is 2.52. The van der Waals surface area contributed by atoms with Gasteiger partial charge in [0.05, 0.1) is 11.5 Å². The van der Waals surface area contributed by atoms with E-state index in [2.05, 4.69) is 4.90 Å². The summed E-state index contributed by atoms with van der Waals surface area (Å²) in [7, 11) is -2.84. The predicted octanol–water partition coefficient (Wildman–Crippen LogP) is 0.807. The van der Waals surface area contributed by atoms with Crippen LogP contribution < -0.4 is 5.73 Å². The molecule has 5 heteroatoms. The number of nitrogens with zero attached hydrogens (tertiary/aromatic N) is 1. The van der Waals surface area contributed by atoms with Crippen molar-refractivity contribution < 1.29 is 8.42 Å². The van der Waals surface area contributed by atoms with Gasteiger partial charge in [0.15, 0.2) is 9.84 Å². The standard InChI is InChI=1S/C13H20N2O2S/c14-13(12-5-2-1-3-6-12)11-15-7-4-9-18(16,17)10-8-15/h1-3,5-6,13H,4,7-11,14H2/t13-/m0/s1. The highest BCUT2D eigenvalue weighted by Crippen LogP contribution is 2.13. The van der Waals surface area contributed by atoms with Gasteiger partial charge in [0.2, 0.25) is 0 Å². The molecule has 4 nitrogen and oxygen atoms in total. The first-order chi connectivity index (χ1) is 8.57. The van der Waals surface area contributed by atoms with Gasteiger partial charge in [0, 0.05) is 19.1 Å². The Morgan fingerprint density at radius 3 is 2.61 bits per heavy atom. The van der Waals surface area contributed by atoms with Crippen LogP contribution in [0.3, 0.4) is 0 Å². The fourth-order valence-electron chi connectivity index (χ4n) is 2.26. The van der Waals surface area contributed by atoms with Crippen LogP contribution in [0.1, 0.15) is 18.0 Å². The summed E-state index contributed by atoms with van der Waals surface area (Å²) in [4.78, 5) is 2.15. The number of rotatable bonds is 3. The summed E-state index contributed by atoms with van der Waals surface area (Å²) < 4.78 is 23.0. The molecule has 1 heterocycles. The fraction of sp³-hybridized carbons (Fsp3) is 0.538. The molecule has 0 unspecified atom stereocenters. The lowest BCUT2D eigenvalue weighted by Gasteiger charge is -2.23. The lowest BCUT2D eigenvalue weighted by molar-refractivity contribution is 0.277. The lowest BCUT2D eigenvalue weighted by Crippen LogP contribution is -2.34. The van der Waals surface area contributed by atoms with E-state index >= 15 is 0 Å². The number of hydrogen-bond acceptors (Lipinski definition) is 4. The third-order valence-corrected chi connectivity index (χ3v) is 5.05. The highest BCUT2D eigenvalue weighted by Gasteiger charge is 2.20. The summed E-state index contributed by atoms with van der Waals surface area (Å²) in [6.07, 6.45) is 0.712. The highest BCUT2D eigenvalue weighted by molar-refractivity contribution is 7.91. The monoisotopic (exact) mass is 268 g/mol. The summed E-state index contributed by atoms with van der Waals surface area (Å²) in [6.45, 7) is 2.14. The minimum absolute atomic E-state index is 0.0491. The van der Waals surface area contributed by atoms with Crippen LogP contribution >= 0.6 is 0 Å². The molecule has 18 heavy (non-hydrogen) atoms. The molecule has 1 aliphatic heterocycles. The van der Waals surface area contributed by atoms with Crippen LogP contribution in [0.25, 0.3) is 0 Å². The van der Waals surface area contributed by atoms with E-state index in [9.17, 15) is 8.42 Å². The Labute approximate surface area is 109 Å². The van der Waals surface area contributed by atoms with Crippen molar-refractivity contribution in [2.24, 2.45) is 5.73 Å². The Hall–Kier alpha value is -0.910. The van der Waals surface area contributed by atoms with E-state index in [0.29, 0.717) is 18.7 Å². The molecule has 0 aromatic heterocycles.